The van der Waals surface area contributed by atoms with Gasteiger partial charge < -0.3 is 15.2 Å². The van der Waals surface area contributed by atoms with Crippen molar-refractivity contribution in [3.8, 4) is 0 Å². The van der Waals surface area contributed by atoms with Gasteiger partial charge in [0.25, 0.3) is 0 Å². The Hall–Kier alpha value is -0.120. The van der Waals surface area contributed by atoms with E-state index in [-0.39, 0.29) is 12.1 Å². The summed E-state index contributed by atoms with van der Waals surface area (Å²) in [7, 11) is 0. The van der Waals surface area contributed by atoms with Gasteiger partial charge in [-0.3, -0.25) is 0 Å². The fraction of sp³-hybridized carbons (Fsp3) is 1.00. The number of hydrogen-bond acceptors (Lipinski definition) is 3. The lowest BCUT2D eigenvalue weighted by Crippen LogP contribution is -2.48. The molecule has 0 spiro atoms. The predicted octanol–water partition coefficient (Wildman–Crippen LogP) is -0.253. The Morgan fingerprint density at radius 3 is 2.90 bits per heavy atom. The average molecular weight is 145 g/mol. The van der Waals surface area contributed by atoms with E-state index in [9.17, 15) is 0 Å². The van der Waals surface area contributed by atoms with Gasteiger partial charge in [0, 0.05) is 6.61 Å². The van der Waals surface area contributed by atoms with Gasteiger partial charge in [0.1, 0.15) is 0 Å². The summed E-state index contributed by atoms with van der Waals surface area (Å²) in [6.45, 7) is 4.53. The van der Waals surface area contributed by atoms with Gasteiger partial charge in [0.05, 0.1) is 18.8 Å². The molecule has 1 heterocycles. The number of aliphatic hydroxyl groups excluding tert-OH is 1. The molecule has 1 aliphatic rings. The molecule has 2 N–H and O–H groups in total. The van der Waals surface area contributed by atoms with Crippen LogP contribution in [0.2, 0.25) is 0 Å². The highest BCUT2D eigenvalue weighted by molar-refractivity contribution is 4.90. The molecule has 3 heteroatoms. The van der Waals surface area contributed by atoms with Crippen molar-refractivity contribution < 1.29 is 9.84 Å². The van der Waals surface area contributed by atoms with E-state index in [2.05, 4.69) is 5.32 Å². The fourth-order valence-corrected chi connectivity index (χ4v) is 1.30. The normalized spacial score (nSPS) is 33.0. The van der Waals surface area contributed by atoms with Crippen LogP contribution in [-0.4, -0.2) is 37.0 Å². The molecule has 0 radical (unpaired) electrons. The standard InChI is InChI=1S/C7H15NO2/c1-2-8-7(5-9)3-4-10-6-7/h8-9H,2-6H2,1H3. The van der Waals surface area contributed by atoms with E-state index in [1.165, 1.54) is 0 Å². The second kappa shape index (κ2) is 3.32. The van der Waals surface area contributed by atoms with Crippen LogP contribution in [-0.2, 0) is 4.74 Å². The van der Waals surface area contributed by atoms with Crippen LogP contribution in [0.25, 0.3) is 0 Å². The van der Waals surface area contributed by atoms with Gasteiger partial charge in [-0.25, -0.2) is 0 Å². The molecule has 1 atom stereocenters. The minimum absolute atomic E-state index is 0.130. The summed E-state index contributed by atoms with van der Waals surface area (Å²) in [5, 5.41) is 12.2. The summed E-state index contributed by atoms with van der Waals surface area (Å²) in [4.78, 5) is 0. The highest BCUT2D eigenvalue weighted by Crippen LogP contribution is 2.16. The first-order valence-corrected chi connectivity index (χ1v) is 3.76. The minimum atomic E-state index is -0.130. The summed E-state index contributed by atoms with van der Waals surface area (Å²) in [6, 6.07) is 0. The molecule has 0 aromatic rings. The maximum atomic E-state index is 9.01. The molecule has 0 aliphatic carbocycles. The molecular formula is C7H15NO2. The van der Waals surface area contributed by atoms with E-state index < -0.39 is 0 Å². The van der Waals surface area contributed by atoms with E-state index in [0.717, 1.165) is 19.6 Å². The molecule has 60 valence electrons. The number of nitrogens with one attached hydrogen (secondary N) is 1. The van der Waals surface area contributed by atoms with E-state index in [1.807, 2.05) is 6.92 Å². The largest absolute Gasteiger partial charge is 0.394 e. The third-order valence-corrected chi connectivity index (χ3v) is 1.96. The zero-order chi connectivity index (χ0) is 7.45. The molecule has 1 unspecified atom stereocenters. The zero-order valence-corrected chi connectivity index (χ0v) is 6.39. The van der Waals surface area contributed by atoms with Gasteiger partial charge in [-0.15, -0.1) is 0 Å². The van der Waals surface area contributed by atoms with Crippen LogP contribution in [0.1, 0.15) is 13.3 Å². The monoisotopic (exact) mass is 145 g/mol. The zero-order valence-electron chi connectivity index (χ0n) is 6.39. The minimum Gasteiger partial charge on any atom is -0.394 e. The number of aliphatic hydroxyl groups is 1. The maximum absolute atomic E-state index is 9.01. The summed E-state index contributed by atoms with van der Waals surface area (Å²) in [5.41, 5.74) is -0.130. The highest BCUT2D eigenvalue weighted by Gasteiger charge is 2.32. The molecule has 1 saturated heterocycles. The van der Waals surface area contributed by atoms with Crippen LogP contribution in [0.15, 0.2) is 0 Å². The molecule has 1 fully saturated rings. The number of rotatable bonds is 3. The Labute approximate surface area is 61.4 Å². The Morgan fingerprint density at radius 1 is 1.70 bits per heavy atom. The van der Waals surface area contributed by atoms with E-state index in [0.29, 0.717) is 6.61 Å². The SMILES string of the molecule is CCNC1(CO)CCOC1. The first-order chi connectivity index (χ1) is 4.83. The third kappa shape index (κ3) is 1.48. The predicted molar refractivity (Wildman–Crippen MR) is 38.9 cm³/mol. The van der Waals surface area contributed by atoms with E-state index in [1.54, 1.807) is 0 Å². The van der Waals surface area contributed by atoms with E-state index >= 15 is 0 Å². The van der Waals surface area contributed by atoms with Gasteiger partial charge >= 0.3 is 0 Å². The van der Waals surface area contributed by atoms with Gasteiger partial charge in [-0.05, 0) is 13.0 Å². The van der Waals surface area contributed by atoms with Gasteiger partial charge in [-0.1, -0.05) is 6.92 Å². The molecule has 1 rings (SSSR count). The van der Waals surface area contributed by atoms with Crippen molar-refractivity contribution in [3.05, 3.63) is 0 Å². The summed E-state index contributed by atoms with van der Waals surface area (Å²) >= 11 is 0. The van der Waals surface area contributed by atoms with Crippen LogP contribution < -0.4 is 5.32 Å². The summed E-state index contributed by atoms with van der Waals surface area (Å²) < 4.78 is 5.18. The third-order valence-electron chi connectivity index (χ3n) is 1.96. The average Bonchev–Trinajstić information content (AvgIpc) is 2.39. The maximum Gasteiger partial charge on any atom is 0.0672 e. The van der Waals surface area contributed by atoms with Crippen LogP contribution in [0.5, 0.6) is 0 Å². The second-order valence-corrected chi connectivity index (χ2v) is 2.77. The van der Waals surface area contributed by atoms with Crippen molar-refractivity contribution >= 4 is 0 Å². The quantitative estimate of drug-likeness (QED) is 0.575. The second-order valence-electron chi connectivity index (χ2n) is 2.77. The topological polar surface area (TPSA) is 41.5 Å². The molecule has 1 aliphatic heterocycles. The molecule has 10 heavy (non-hydrogen) atoms. The van der Waals surface area contributed by atoms with Crippen molar-refractivity contribution in [1.29, 1.82) is 0 Å². The van der Waals surface area contributed by atoms with Crippen LogP contribution >= 0.6 is 0 Å². The number of hydrogen-bond donors (Lipinski definition) is 2. The van der Waals surface area contributed by atoms with Crippen molar-refractivity contribution in [2.24, 2.45) is 0 Å². The van der Waals surface area contributed by atoms with Crippen molar-refractivity contribution in [2.75, 3.05) is 26.4 Å². The van der Waals surface area contributed by atoms with Gasteiger partial charge in [-0.2, -0.15) is 0 Å². The molecule has 0 amide bonds. The van der Waals surface area contributed by atoms with E-state index in [4.69, 9.17) is 9.84 Å². The number of ether oxygens (including phenoxy) is 1. The lowest BCUT2D eigenvalue weighted by atomic mass is 10.0. The Kier molecular flexibility index (Phi) is 2.65. The summed E-state index contributed by atoms with van der Waals surface area (Å²) in [5.74, 6) is 0. The molecule has 3 nitrogen and oxygen atoms in total. The first kappa shape index (κ1) is 7.98. The Morgan fingerprint density at radius 2 is 2.50 bits per heavy atom. The summed E-state index contributed by atoms with van der Waals surface area (Å²) in [6.07, 6.45) is 0.928. The molecule has 0 aromatic heterocycles. The molecule has 0 aromatic carbocycles. The van der Waals surface area contributed by atoms with Gasteiger partial charge in [0.15, 0.2) is 0 Å². The Balaban J connectivity index is 2.41. The molecule has 0 bridgehead atoms. The van der Waals surface area contributed by atoms with Crippen molar-refractivity contribution in [3.63, 3.8) is 0 Å². The first-order valence-electron chi connectivity index (χ1n) is 3.76. The van der Waals surface area contributed by atoms with Crippen molar-refractivity contribution in [2.45, 2.75) is 18.9 Å². The Bertz CT molecular complexity index is 99.8. The van der Waals surface area contributed by atoms with Crippen LogP contribution in [0.4, 0.5) is 0 Å². The number of likely N-dealkylation sites (N-methyl/N-ethyl adjacent to an activating group) is 1. The van der Waals surface area contributed by atoms with Crippen LogP contribution in [0, 0.1) is 0 Å². The lowest BCUT2D eigenvalue weighted by molar-refractivity contribution is 0.122. The molecule has 0 saturated carbocycles. The fourth-order valence-electron chi connectivity index (χ4n) is 1.30. The van der Waals surface area contributed by atoms with Gasteiger partial charge in [0.2, 0.25) is 0 Å². The highest BCUT2D eigenvalue weighted by atomic mass is 16.5. The lowest BCUT2D eigenvalue weighted by Gasteiger charge is -2.25. The molecular weight excluding hydrogens is 130 g/mol. The van der Waals surface area contributed by atoms with Crippen molar-refractivity contribution in [1.82, 2.24) is 5.32 Å². The smallest absolute Gasteiger partial charge is 0.0672 e. The van der Waals surface area contributed by atoms with Crippen LogP contribution in [0.3, 0.4) is 0 Å².